The van der Waals surface area contributed by atoms with Gasteiger partial charge in [0.2, 0.25) is 0 Å². The van der Waals surface area contributed by atoms with Crippen molar-refractivity contribution in [1.29, 1.82) is 0 Å². The molecule has 0 saturated heterocycles. The van der Waals surface area contributed by atoms with E-state index in [1.807, 2.05) is 12.2 Å². The van der Waals surface area contributed by atoms with Gasteiger partial charge in [-0.15, -0.1) is 0 Å². The molecule has 0 radical (unpaired) electrons. The molecule has 0 saturated carbocycles. The third kappa shape index (κ3) is 5.88. The molecule has 4 nitrogen and oxygen atoms in total. The Morgan fingerprint density at radius 3 is 2.04 bits per heavy atom. The molecule has 0 aliphatic rings. The van der Waals surface area contributed by atoms with E-state index >= 15 is 0 Å². The van der Waals surface area contributed by atoms with E-state index in [4.69, 9.17) is 0 Å². The summed E-state index contributed by atoms with van der Waals surface area (Å²) >= 11 is 0. The molecule has 0 heterocycles. The summed E-state index contributed by atoms with van der Waals surface area (Å²) in [6, 6.07) is 14.8. The topological polar surface area (TPSA) is 55.2 Å². The maximum absolute atomic E-state index is 10.6. The number of benzene rings is 2. The summed E-state index contributed by atoms with van der Waals surface area (Å²) in [4.78, 5) is 10.2. The average Bonchev–Trinajstić information content (AvgIpc) is 2.61. The number of nitro groups is 1. The van der Waals surface area contributed by atoms with Crippen molar-refractivity contribution in [3.05, 3.63) is 69.8 Å². The molecule has 0 amide bonds. The van der Waals surface area contributed by atoms with Crippen molar-refractivity contribution in [1.82, 2.24) is 0 Å². The number of anilines is 1. The number of rotatable bonds is 9. The van der Waals surface area contributed by atoms with Crippen molar-refractivity contribution in [3.63, 3.8) is 0 Å². The first-order valence-corrected chi connectivity index (χ1v) is 8.45. The Hall–Kier alpha value is -2.62. The first-order chi connectivity index (χ1) is 11.7. The van der Waals surface area contributed by atoms with Crippen LogP contribution in [0.2, 0.25) is 0 Å². The molecule has 126 valence electrons. The Bertz CT molecular complexity index is 661. The van der Waals surface area contributed by atoms with Gasteiger partial charge in [0.05, 0.1) is 4.92 Å². The highest BCUT2D eigenvalue weighted by molar-refractivity contribution is 5.70. The lowest BCUT2D eigenvalue weighted by molar-refractivity contribution is -0.384. The van der Waals surface area contributed by atoms with Gasteiger partial charge in [-0.25, -0.2) is 0 Å². The predicted molar refractivity (Wildman–Crippen MR) is 101 cm³/mol. The largest absolute Gasteiger partial charge is 0.385 e. The molecule has 0 fully saturated rings. The molecular weight excluding hydrogens is 300 g/mol. The highest BCUT2D eigenvalue weighted by atomic mass is 16.6. The smallest absolute Gasteiger partial charge is 0.269 e. The van der Waals surface area contributed by atoms with E-state index in [9.17, 15) is 10.1 Å². The van der Waals surface area contributed by atoms with E-state index in [0.717, 1.165) is 23.4 Å². The average molecular weight is 324 g/mol. The molecule has 4 heteroatoms. The molecular formula is C20H24N2O2. The Morgan fingerprint density at radius 1 is 0.917 bits per heavy atom. The standard InChI is InChI=1S/C20H24N2O2/c1-2-3-4-5-16-21-19-12-8-17(9-13-19)6-7-18-10-14-20(15-11-18)22(23)24/h6-15,21H,2-5,16H2,1H3. The predicted octanol–water partition coefficient (Wildman–Crippen LogP) is 5.76. The van der Waals surface area contributed by atoms with Crippen LogP contribution in [-0.4, -0.2) is 11.5 Å². The highest BCUT2D eigenvalue weighted by Gasteiger charge is 2.02. The number of non-ortho nitro benzene ring substituents is 1. The molecule has 2 aromatic rings. The van der Waals surface area contributed by atoms with Crippen LogP contribution >= 0.6 is 0 Å². The highest BCUT2D eigenvalue weighted by Crippen LogP contribution is 2.16. The number of hydrogen-bond donors (Lipinski definition) is 1. The van der Waals surface area contributed by atoms with Gasteiger partial charge in [-0.1, -0.05) is 50.5 Å². The van der Waals surface area contributed by atoms with Crippen molar-refractivity contribution < 1.29 is 4.92 Å². The zero-order valence-corrected chi connectivity index (χ0v) is 14.1. The van der Waals surface area contributed by atoms with Gasteiger partial charge < -0.3 is 5.32 Å². The van der Waals surface area contributed by atoms with Crippen molar-refractivity contribution in [2.75, 3.05) is 11.9 Å². The molecule has 0 aliphatic heterocycles. The van der Waals surface area contributed by atoms with Gasteiger partial charge in [0, 0.05) is 24.4 Å². The third-order valence-corrected chi connectivity index (χ3v) is 3.84. The fraction of sp³-hybridized carbons (Fsp3) is 0.300. The summed E-state index contributed by atoms with van der Waals surface area (Å²) in [7, 11) is 0. The number of nitro benzene ring substituents is 1. The van der Waals surface area contributed by atoms with Gasteiger partial charge in [0.25, 0.3) is 5.69 Å². The molecule has 0 aliphatic carbocycles. The summed E-state index contributed by atoms with van der Waals surface area (Å²) < 4.78 is 0. The number of hydrogen-bond acceptors (Lipinski definition) is 3. The summed E-state index contributed by atoms with van der Waals surface area (Å²) in [5.41, 5.74) is 3.30. The molecule has 1 N–H and O–H groups in total. The van der Waals surface area contributed by atoms with E-state index in [0.29, 0.717) is 0 Å². The molecule has 2 aromatic carbocycles. The van der Waals surface area contributed by atoms with Crippen LogP contribution in [0.5, 0.6) is 0 Å². The second-order valence-corrected chi connectivity index (χ2v) is 5.79. The van der Waals surface area contributed by atoms with Gasteiger partial charge in [0.15, 0.2) is 0 Å². The van der Waals surface area contributed by atoms with Crippen LogP contribution in [-0.2, 0) is 0 Å². The van der Waals surface area contributed by atoms with E-state index in [1.54, 1.807) is 12.1 Å². The normalized spacial score (nSPS) is 10.9. The summed E-state index contributed by atoms with van der Waals surface area (Å²) in [6.45, 7) is 3.23. The van der Waals surface area contributed by atoms with Gasteiger partial charge >= 0.3 is 0 Å². The molecule has 0 spiro atoms. The van der Waals surface area contributed by atoms with Crippen LogP contribution in [0, 0.1) is 10.1 Å². The number of nitrogens with one attached hydrogen (secondary N) is 1. The van der Waals surface area contributed by atoms with E-state index in [1.165, 1.54) is 37.8 Å². The van der Waals surface area contributed by atoms with Gasteiger partial charge in [-0.2, -0.15) is 0 Å². The monoisotopic (exact) mass is 324 g/mol. The molecule has 0 aromatic heterocycles. The second-order valence-electron chi connectivity index (χ2n) is 5.79. The zero-order valence-electron chi connectivity index (χ0n) is 14.1. The summed E-state index contributed by atoms with van der Waals surface area (Å²) in [5.74, 6) is 0. The van der Waals surface area contributed by atoms with Crippen molar-refractivity contribution in [3.8, 4) is 0 Å². The Kier molecular flexibility index (Phi) is 7.02. The summed E-state index contributed by atoms with van der Waals surface area (Å²) in [5, 5.41) is 14.1. The Morgan fingerprint density at radius 2 is 1.50 bits per heavy atom. The lowest BCUT2D eigenvalue weighted by Crippen LogP contribution is -2.00. The van der Waals surface area contributed by atoms with E-state index in [2.05, 4.69) is 36.5 Å². The SMILES string of the molecule is CCCCCCNc1ccc(C=Cc2ccc([N+](=O)[O-])cc2)cc1. The Labute approximate surface area is 143 Å². The molecule has 24 heavy (non-hydrogen) atoms. The minimum absolute atomic E-state index is 0.113. The molecule has 0 atom stereocenters. The Balaban J connectivity index is 1.85. The maximum Gasteiger partial charge on any atom is 0.269 e. The lowest BCUT2D eigenvalue weighted by Gasteiger charge is -2.06. The molecule has 0 bridgehead atoms. The van der Waals surface area contributed by atoms with Gasteiger partial charge in [-0.05, 0) is 41.8 Å². The van der Waals surface area contributed by atoms with Crippen LogP contribution in [0.1, 0.15) is 43.7 Å². The number of nitrogens with zero attached hydrogens (tertiary/aromatic N) is 1. The van der Waals surface area contributed by atoms with Crippen LogP contribution in [0.3, 0.4) is 0 Å². The van der Waals surface area contributed by atoms with Crippen molar-refractivity contribution >= 4 is 23.5 Å². The fourth-order valence-corrected chi connectivity index (χ4v) is 2.40. The van der Waals surface area contributed by atoms with Crippen LogP contribution in [0.15, 0.2) is 48.5 Å². The van der Waals surface area contributed by atoms with Gasteiger partial charge in [-0.3, -0.25) is 10.1 Å². The first kappa shape index (κ1) is 17.7. The quantitative estimate of drug-likeness (QED) is 0.276. The van der Waals surface area contributed by atoms with Crippen LogP contribution in [0.4, 0.5) is 11.4 Å². The minimum atomic E-state index is -0.387. The first-order valence-electron chi connectivity index (χ1n) is 8.45. The van der Waals surface area contributed by atoms with E-state index in [-0.39, 0.29) is 10.6 Å². The fourth-order valence-electron chi connectivity index (χ4n) is 2.40. The van der Waals surface area contributed by atoms with Gasteiger partial charge in [0.1, 0.15) is 0 Å². The zero-order chi connectivity index (χ0) is 17.2. The minimum Gasteiger partial charge on any atom is -0.385 e. The van der Waals surface area contributed by atoms with Crippen molar-refractivity contribution in [2.24, 2.45) is 0 Å². The third-order valence-electron chi connectivity index (χ3n) is 3.84. The second kappa shape index (κ2) is 9.50. The molecule has 0 unspecified atom stereocenters. The number of unbranched alkanes of at least 4 members (excludes halogenated alkanes) is 3. The molecule has 2 rings (SSSR count). The van der Waals surface area contributed by atoms with Crippen molar-refractivity contribution in [2.45, 2.75) is 32.6 Å². The van der Waals surface area contributed by atoms with Crippen LogP contribution in [0.25, 0.3) is 12.2 Å². The maximum atomic E-state index is 10.6. The van der Waals surface area contributed by atoms with E-state index < -0.39 is 0 Å². The van der Waals surface area contributed by atoms with Crippen LogP contribution < -0.4 is 5.32 Å². The summed E-state index contributed by atoms with van der Waals surface area (Å²) in [6.07, 6.45) is 9.00. The lowest BCUT2D eigenvalue weighted by atomic mass is 10.1.